The van der Waals surface area contributed by atoms with E-state index in [0.29, 0.717) is 0 Å². The molecule has 0 N–H and O–H groups in total. The molecule has 1 aliphatic heterocycles. The second-order valence-electron chi connectivity index (χ2n) is 5.26. The van der Waals surface area contributed by atoms with Crippen LogP contribution >= 0.6 is 11.3 Å². The molecule has 0 radical (unpaired) electrons. The Balaban J connectivity index is 1.72. The quantitative estimate of drug-likeness (QED) is 0.581. The van der Waals surface area contributed by atoms with Crippen LogP contribution in [0.25, 0.3) is 0 Å². The average Bonchev–Trinajstić information content (AvgIpc) is 2.81. The molecule has 0 spiro atoms. The molecule has 4 heteroatoms. The molecule has 1 aliphatic rings. The predicted molar refractivity (Wildman–Crippen MR) is 78.4 cm³/mol. The Morgan fingerprint density at radius 2 is 2.33 bits per heavy atom. The van der Waals surface area contributed by atoms with E-state index >= 15 is 0 Å². The highest BCUT2D eigenvalue weighted by Gasteiger charge is 2.24. The fourth-order valence-electron chi connectivity index (χ4n) is 2.36. The van der Waals surface area contributed by atoms with Crippen molar-refractivity contribution in [1.82, 2.24) is 9.80 Å². The van der Waals surface area contributed by atoms with Gasteiger partial charge in [0.1, 0.15) is 11.6 Å². The average molecular weight is 269 g/mol. The summed E-state index contributed by atoms with van der Waals surface area (Å²) < 4.78 is 5.93. The maximum Gasteiger partial charge on any atom is 0.153 e. The predicted octanol–water partition coefficient (Wildman–Crippen LogP) is 2.15. The molecule has 0 saturated heterocycles. The normalized spacial score (nSPS) is 18.0. The first-order chi connectivity index (χ1) is 8.66. The van der Waals surface area contributed by atoms with E-state index in [1.165, 1.54) is 23.3 Å². The number of nitrogens with zero attached hydrogens (tertiary/aromatic N) is 2. The molecule has 2 heterocycles. The van der Waals surface area contributed by atoms with Gasteiger partial charge in [-0.15, -0.1) is 0 Å². The molecule has 0 saturated carbocycles. The molecule has 1 unspecified atom stereocenters. The Morgan fingerprint density at radius 3 is 3.11 bits per heavy atom. The minimum absolute atomic E-state index is 0.242. The number of thiophene rings is 1. The first-order valence-corrected chi connectivity index (χ1v) is 7.73. The van der Waals surface area contributed by atoms with Crippen molar-refractivity contribution < 1.29 is 4.74 Å². The molecule has 18 heavy (non-hydrogen) atoms. The first kappa shape index (κ1) is 14.0. The third-order valence-electron chi connectivity index (χ3n) is 3.51. The number of hydrogen-bond donors (Lipinski definition) is 0. The Labute approximate surface area is 114 Å². The van der Waals surface area contributed by atoms with Gasteiger partial charge in [-0.1, -0.05) is 0 Å². The van der Waals surface area contributed by atoms with Crippen LogP contribution in [-0.2, 0) is 17.7 Å². The highest BCUT2D eigenvalue weighted by molar-refractivity contribution is 7.10. The summed E-state index contributed by atoms with van der Waals surface area (Å²) in [7, 11) is 4.21. The van der Waals surface area contributed by atoms with Crippen molar-refractivity contribution in [3.63, 3.8) is 0 Å². The number of fused-ring (bicyclic) bond motifs is 1. The number of rotatable bonds is 6. The first-order valence-electron chi connectivity index (χ1n) is 6.76. The molecule has 2 rings (SSSR count). The van der Waals surface area contributed by atoms with Crippen LogP contribution in [0.3, 0.4) is 0 Å². The Morgan fingerprint density at radius 1 is 1.50 bits per heavy atom. The monoisotopic (exact) mass is 269 g/mol. The lowest BCUT2D eigenvalue weighted by molar-refractivity contribution is -0.0554. The van der Waals surface area contributed by atoms with Crippen LogP contribution in [0.1, 0.15) is 23.8 Å². The van der Waals surface area contributed by atoms with E-state index in [0.717, 1.165) is 32.7 Å². The third kappa shape index (κ3) is 3.79. The largest absolute Gasteiger partial charge is 0.363 e. The minimum atomic E-state index is 0.242. The minimum Gasteiger partial charge on any atom is -0.363 e. The summed E-state index contributed by atoms with van der Waals surface area (Å²) in [6.07, 6.45) is 2.55. The number of ether oxygens (including phenoxy) is 1. The van der Waals surface area contributed by atoms with Gasteiger partial charge in [-0.25, -0.2) is 0 Å². The zero-order valence-corrected chi connectivity index (χ0v) is 12.6. The second-order valence-corrected chi connectivity index (χ2v) is 6.36. The molecule has 3 nitrogen and oxygen atoms in total. The molecular weight excluding hydrogens is 244 g/mol. The highest BCUT2D eigenvalue weighted by atomic mass is 32.1. The van der Waals surface area contributed by atoms with E-state index in [1.54, 1.807) is 4.88 Å². The van der Waals surface area contributed by atoms with Crippen molar-refractivity contribution in [3.05, 3.63) is 21.9 Å². The summed E-state index contributed by atoms with van der Waals surface area (Å²) >= 11 is 1.42. The summed E-state index contributed by atoms with van der Waals surface area (Å²) in [4.78, 5) is 6.26. The van der Waals surface area contributed by atoms with Gasteiger partial charge in [0.2, 0.25) is 0 Å². The van der Waals surface area contributed by atoms with Gasteiger partial charge in [0.25, 0.3) is 0 Å². The molecule has 0 aliphatic carbocycles. The summed E-state index contributed by atoms with van der Waals surface area (Å²) in [5.74, 6) is 0. The van der Waals surface area contributed by atoms with Crippen LogP contribution in [-0.4, -0.2) is 49.8 Å². The van der Waals surface area contributed by atoms with Gasteiger partial charge in [-0.3, -0.25) is 4.90 Å². The lowest BCUT2D eigenvalue weighted by Gasteiger charge is -2.31. The topological polar surface area (TPSA) is 15.7 Å². The van der Waals surface area contributed by atoms with Crippen molar-refractivity contribution in [3.8, 4) is 0 Å². The second kappa shape index (κ2) is 6.66. The molecule has 102 valence electrons. The fourth-order valence-corrected chi connectivity index (χ4v) is 3.34. The SMILES string of the molecule is CC(OCCCN(C)C)N1CCc2[sH+]ccc2C1. The molecule has 1 atom stereocenters. The summed E-state index contributed by atoms with van der Waals surface area (Å²) in [6, 6.07) is 2.28. The lowest BCUT2D eigenvalue weighted by atomic mass is 10.1. The van der Waals surface area contributed by atoms with Crippen molar-refractivity contribution in [2.24, 2.45) is 0 Å². The molecule has 0 fully saturated rings. The zero-order chi connectivity index (χ0) is 13.0. The van der Waals surface area contributed by atoms with Gasteiger partial charge >= 0.3 is 0 Å². The van der Waals surface area contributed by atoms with E-state index in [4.69, 9.17) is 4.74 Å². The van der Waals surface area contributed by atoms with Crippen LogP contribution in [0, 0.1) is 0 Å². The smallest absolute Gasteiger partial charge is 0.153 e. The molecule has 0 bridgehead atoms. The van der Waals surface area contributed by atoms with E-state index in [2.05, 4.69) is 42.3 Å². The van der Waals surface area contributed by atoms with Gasteiger partial charge in [-0.05, 0) is 51.4 Å². The Bertz CT molecular complexity index is 364. The van der Waals surface area contributed by atoms with E-state index in [9.17, 15) is 0 Å². The van der Waals surface area contributed by atoms with Crippen LogP contribution in [0.5, 0.6) is 0 Å². The third-order valence-corrected chi connectivity index (χ3v) is 4.63. The maximum atomic E-state index is 5.93. The van der Waals surface area contributed by atoms with Crippen molar-refractivity contribution in [2.75, 3.05) is 33.8 Å². The van der Waals surface area contributed by atoms with Gasteiger partial charge in [0.05, 0.1) is 0 Å². The van der Waals surface area contributed by atoms with Crippen molar-refractivity contribution in [1.29, 1.82) is 0 Å². The highest BCUT2D eigenvalue weighted by Crippen LogP contribution is 2.25. The van der Waals surface area contributed by atoms with Crippen molar-refractivity contribution in [2.45, 2.75) is 32.5 Å². The van der Waals surface area contributed by atoms with Gasteiger partial charge in [0.15, 0.2) is 4.88 Å². The molecule has 1 aromatic heterocycles. The molecule has 0 aromatic carbocycles. The van der Waals surface area contributed by atoms with Gasteiger partial charge in [-0.2, -0.15) is 0 Å². The fraction of sp³-hybridized carbons (Fsp3) is 0.714. The lowest BCUT2D eigenvalue weighted by Crippen LogP contribution is -2.39. The Hall–Kier alpha value is -0.420. The van der Waals surface area contributed by atoms with Crippen LogP contribution in [0.4, 0.5) is 0 Å². The van der Waals surface area contributed by atoms with E-state index < -0.39 is 0 Å². The molecule has 1 aromatic rings. The molecule has 0 amide bonds. The number of hydrogen-bond acceptors (Lipinski definition) is 3. The van der Waals surface area contributed by atoms with E-state index in [-0.39, 0.29) is 6.23 Å². The summed E-state index contributed by atoms with van der Waals surface area (Å²) in [5.41, 5.74) is 1.52. The van der Waals surface area contributed by atoms with Gasteiger partial charge in [0, 0.05) is 31.7 Å². The van der Waals surface area contributed by atoms with Crippen LogP contribution in [0.15, 0.2) is 11.4 Å². The van der Waals surface area contributed by atoms with Crippen LogP contribution < -0.4 is 0 Å². The maximum absolute atomic E-state index is 5.93. The van der Waals surface area contributed by atoms with Crippen molar-refractivity contribution >= 4 is 11.3 Å². The van der Waals surface area contributed by atoms with E-state index in [1.807, 2.05) is 0 Å². The standard InChI is InChI=1S/C14H24N2OS/c1-12(17-9-4-7-15(2)3)16-8-5-14-13(11-16)6-10-18-14/h6,10,12H,4-5,7-9,11H2,1-3H3/p+1. The summed E-state index contributed by atoms with van der Waals surface area (Å²) in [5, 5.41) is 2.26. The zero-order valence-electron chi connectivity index (χ0n) is 11.7. The van der Waals surface area contributed by atoms with Crippen LogP contribution in [0.2, 0.25) is 0 Å². The molecular formula is C14H25N2OS+. The Kier molecular flexibility index (Phi) is 5.18. The summed E-state index contributed by atoms with van der Waals surface area (Å²) in [6.45, 7) is 6.34. The van der Waals surface area contributed by atoms with Gasteiger partial charge < -0.3 is 9.64 Å².